The van der Waals surface area contributed by atoms with E-state index in [-0.39, 0.29) is 0 Å². The highest BCUT2D eigenvalue weighted by Gasteiger charge is 2.08. The van der Waals surface area contributed by atoms with Crippen LogP contribution in [-0.4, -0.2) is 18.1 Å². The van der Waals surface area contributed by atoms with Gasteiger partial charge >= 0.3 is 0 Å². The summed E-state index contributed by atoms with van der Waals surface area (Å²) in [5.41, 5.74) is 9.19. The second kappa shape index (κ2) is 4.58. The fraction of sp³-hybridized carbons (Fsp3) is 0.385. The largest absolute Gasteiger partial charge is 0.383 e. The molecule has 0 fully saturated rings. The summed E-state index contributed by atoms with van der Waals surface area (Å²) >= 11 is 0. The molecule has 0 radical (unpaired) electrons. The molecule has 0 aliphatic heterocycles. The fourth-order valence-corrected chi connectivity index (χ4v) is 1.86. The minimum Gasteiger partial charge on any atom is -0.383 e. The number of H-pyrrole nitrogens is 1. The quantitative estimate of drug-likeness (QED) is 0.737. The molecule has 1 atom stereocenters. The smallest absolute Gasteiger partial charge is 0.0628 e. The van der Waals surface area contributed by atoms with Gasteiger partial charge in [0.15, 0.2) is 0 Å². The summed E-state index contributed by atoms with van der Waals surface area (Å²) in [5, 5.41) is 4.73. The van der Waals surface area contributed by atoms with Gasteiger partial charge in [-0.05, 0) is 25.5 Å². The molecular formula is C13H19N3. The van der Waals surface area contributed by atoms with E-state index in [4.69, 9.17) is 5.73 Å². The van der Waals surface area contributed by atoms with Gasteiger partial charge in [0.25, 0.3) is 0 Å². The molecular weight excluding hydrogens is 198 g/mol. The van der Waals surface area contributed by atoms with Crippen molar-refractivity contribution in [3.8, 4) is 0 Å². The van der Waals surface area contributed by atoms with Crippen LogP contribution in [0.2, 0.25) is 0 Å². The minimum atomic E-state index is 0.494. The van der Waals surface area contributed by atoms with E-state index in [0.717, 1.165) is 6.54 Å². The van der Waals surface area contributed by atoms with E-state index < -0.39 is 0 Å². The van der Waals surface area contributed by atoms with Crippen molar-refractivity contribution in [1.29, 1.82) is 0 Å². The second-order valence-electron chi connectivity index (χ2n) is 4.39. The van der Waals surface area contributed by atoms with Gasteiger partial charge in [-0.25, -0.2) is 0 Å². The molecule has 0 bridgehead atoms. The zero-order valence-corrected chi connectivity index (χ0v) is 9.88. The van der Waals surface area contributed by atoms with E-state index in [1.165, 1.54) is 22.3 Å². The summed E-state index contributed by atoms with van der Waals surface area (Å²) in [6.07, 6.45) is 0. The van der Waals surface area contributed by atoms with Gasteiger partial charge in [0.05, 0.1) is 5.69 Å². The molecule has 0 aliphatic carbocycles. The number of hydrogen-bond acceptors (Lipinski definition) is 2. The van der Waals surface area contributed by atoms with Gasteiger partial charge in [-0.15, -0.1) is 0 Å². The highest BCUT2D eigenvalue weighted by molar-refractivity contribution is 5.94. The van der Waals surface area contributed by atoms with E-state index in [1.54, 1.807) is 0 Å². The van der Waals surface area contributed by atoms with E-state index in [0.29, 0.717) is 12.5 Å². The third kappa shape index (κ3) is 2.04. The third-order valence-corrected chi connectivity index (χ3v) is 2.92. The summed E-state index contributed by atoms with van der Waals surface area (Å²) in [5.74, 6) is 0.494. The molecule has 2 rings (SSSR count). The Morgan fingerprint density at radius 1 is 1.38 bits per heavy atom. The van der Waals surface area contributed by atoms with Crippen molar-refractivity contribution < 1.29 is 0 Å². The van der Waals surface area contributed by atoms with Crippen LogP contribution in [0.3, 0.4) is 0 Å². The molecule has 2 aromatic rings. The van der Waals surface area contributed by atoms with Crippen molar-refractivity contribution in [3.63, 3.8) is 0 Å². The fourth-order valence-electron chi connectivity index (χ4n) is 1.86. The molecule has 1 unspecified atom stereocenters. The van der Waals surface area contributed by atoms with Gasteiger partial charge in [0.1, 0.15) is 0 Å². The van der Waals surface area contributed by atoms with Crippen LogP contribution in [0.4, 0.5) is 5.69 Å². The van der Waals surface area contributed by atoms with Crippen molar-refractivity contribution in [2.75, 3.05) is 18.4 Å². The van der Waals surface area contributed by atoms with Crippen LogP contribution in [0.1, 0.15) is 12.6 Å². The molecule has 86 valence electrons. The second-order valence-corrected chi connectivity index (χ2v) is 4.39. The Balaban J connectivity index is 2.26. The SMILES string of the molecule is Cc1[nH]c2ccccc2c1NCC(C)CN. The lowest BCUT2D eigenvalue weighted by Gasteiger charge is -2.11. The standard InChI is InChI=1S/C13H19N3/c1-9(7-14)8-15-13-10(2)16-12-6-4-3-5-11(12)13/h3-6,9,15-16H,7-8,14H2,1-2H3. The molecule has 3 heteroatoms. The number of anilines is 1. The molecule has 4 N–H and O–H groups in total. The van der Waals surface area contributed by atoms with Crippen LogP contribution < -0.4 is 11.1 Å². The van der Waals surface area contributed by atoms with Crippen molar-refractivity contribution in [1.82, 2.24) is 4.98 Å². The molecule has 0 saturated heterocycles. The van der Waals surface area contributed by atoms with Crippen molar-refractivity contribution in [2.24, 2.45) is 11.7 Å². The summed E-state index contributed by atoms with van der Waals surface area (Å²) in [6, 6.07) is 8.34. The molecule has 16 heavy (non-hydrogen) atoms. The maximum Gasteiger partial charge on any atom is 0.0628 e. The van der Waals surface area contributed by atoms with E-state index in [1.807, 2.05) is 6.07 Å². The van der Waals surface area contributed by atoms with Gasteiger partial charge in [0, 0.05) is 23.1 Å². The van der Waals surface area contributed by atoms with Gasteiger partial charge in [-0.1, -0.05) is 25.1 Å². The van der Waals surface area contributed by atoms with Gasteiger partial charge in [-0.3, -0.25) is 0 Å². The number of aromatic nitrogens is 1. The Bertz CT molecular complexity index is 473. The van der Waals surface area contributed by atoms with Crippen LogP contribution in [0, 0.1) is 12.8 Å². The highest BCUT2D eigenvalue weighted by atomic mass is 14.9. The van der Waals surface area contributed by atoms with Crippen LogP contribution >= 0.6 is 0 Å². The van der Waals surface area contributed by atoms with Crippen LogP contribution in [0.15, 0.2) is 24.3 Å². The van der Waals surface area contributed by atoms with Gasteiger partial charge in [-0.2, -0.15) is 0 Å². The Hall–Kier alpha value is -1.48. The van der Waals surface area contributed by atoms with Crippen LogP contribution in [0.25, 0.3) is 10.9 Å². The number of benzene rings is 1. The molecule has 0 amide bonds. The Morgan fingerprint density at radius 3 is 2.88 bits per heavy atom. The third-order valence-electron chi connectivity index (χ3n) is 2.92. The zero-order valence-electron chi connectivity index (χ0n) is 9.88. The summed E-state index contributed by atoms with van der Waals surface area (Å²) in [4.78, 5) is 3.38. The number of rotatable bonds is 4. The van der Waals surface area contributed by atoms with Crippen molar-refractivity contribution in [3.05, 3.63) is 30.0 Å². The Labute approximate surface area is 96.0 Å². The first-order chi connectivity index (χ1) is 7.72. The van der Waals surface area contributed by atoms with Crippen LogP contribution in [-0.2, 0) is 0 Å². The predicted molar refractivity (Wildman–Crippen MR) is 69.7 cm³/mol. The molecule has 3 nitrogen and oxygen atoms in total. The average molecular weight is 217 g/mol. The number of para-hydroxylation sites is 1. The number of aromatic amines is 1. The lowest BCUT2D eigenvalue weighted by molar-refractivity contribution is 0.628. The monoisotopic (exact) mass is 217 g/mol. The number of nitrogens with one attached hydrogen (secondary N) is 2. The highest BCUT2D eigenvalue weighted by Crippen LogP contribution is 2.26. The molecule has 0 spiro atoms. The molecule has 1 aromatic carbocycles. The number of hydrogen-bond donors (Lipinski definition) is 3. The zero-order chi connectivity index (χ0) is 11.5. The molecule has 0 aliphatic rings. The Morgan fingerprint density at radius 2 is 2.12 bits per heavy atom. The van der Waals surface area contributed by atoms with E-state index >= 15 is 0 Å². The van der Waals surface area contributed by atoms with E-state index in [9.17, 15) is 0 Å². The summed E-state index contributed by atoms with van der Waals surface area (Å²) < 4.78 is 0. The number of nitrogens with two attached hydrogens (primary N) is 1. The normalized spacial score (nSPS) is 12.9. The Kier molecular flexibility index (Phi) is 3.15. The first-order valence-electron chi connectivity index (χ1n) is 5.73. The maximum absolute atomic E-state index is 5.61. The maximum atomic E-state index is 5.61. The molecule has 1 heterocycles. The minimum absolute atomic E-state index is 0.494. The molecule has 0 saturated carbocycles. The van der Waals surface area contributed by atoms with Crippen molar-refractivity contribution in [2.45, 2.75) is 13.8 Å². The number of fused-ring (bicyclic) bond motifs is 1. The van der Waals surface area contributed by atoms with Gasteiger partial charge < -0.3 is 16.0 Å². The predicted octanol–water partition coefficient (Wildman–Crippen LogP) is 2.48. The average Bonchev–Trinajstić information content (AvgIpc) is 2.62. The van der Waals surface area contributed by atoms with Gasteiger partial charge in [0.2, 0.25) is 0 Å². The molecule has 1 aromatic heterocycles. The lowest BCUT2D eigenvalue weighted by Crippen LogP contribution is -2.19. The van der Waals surface area contributed by atoms with Crippen molar-refractivity contribution >= 4 is 16.6 Å². The number of aryl methyl sites for hydroxylation is 1. The summed E-state index contributed by atoms with van der Waals surface area (Å²) in [6.45, 7) is 5.88. The summed E-state index contributed by atoms with van der Waals surface area (Å²) in [7, 11) is 0. The first kappa shape index (κ1) is 11.0. The first-order valence-corrected chi connectivity index (χ1v) is 5.73. The van der Waals surface area contributed by atoms with E-state index in [2.05, 4.69) is 42.3 Å². The topological polar surface area (TPSA) is 53.8 Å². The lowest BCUT2D eigenvalue weighted by atomic mass is 10.1. The van der Waals surface area contributed by atoms with Crippen LogP contribution in [0.5, 0.6) is 0 Å².